The first kappa shape index (κ1) is 20.9. The Labute approximate surface area is 191 Å². The lowest BCUT2D eigenvalue weighted by Crippen LogP contribution is -2.32. The second-order valence-corrected chi connectivity index (χ2v) is 8.08. The SMILES string of the molecule is CCC(CC)C1c2c(-c3ccc(OC)nc3)n[nH]c2C(=O)N1c1ccc(-c2ccon2)cc1. The number of ether oxygens (including phenoxy) is 1. The van der Waals surface area contributed by atoms with Crippen LogP contribution in [-0.2, 0) is 0 Å². The first-order chi connectivity index (χ1) is 16.2. The van der Waals surface area contributed by atoms with Gasteiger partial charge in [0, 0.05) is 40.7 Å². The molecule has 0 spiro atoms. The summed E-state index contributed by atoms with van der Waals surface area (Å²) in [5, 5.41) is 11.5. The number of rotatable bonds is 7. The minimum atomic E-state index is -0.128. The van der Waals surface area contributed by atoms with E-state index >= 15 is 0 Å². The largest absolute Gasteiger partial charge is 0.481 e. The number of anilines is 1. The number of pyridine rings is 1. The topological polar surface area (TPSA) is 97.1 Å². The number of fused-ring (bicyclic) bond motifs is 1. The van der Waals surface area contributed by atoms with Crippen molar-refractivity contribution < 1.29 is 14.1 Å². The van der Waals surface area contributed by atoms with Gasteiger partial charge in [-0.2, -0.15) is 5.10 Å². The van der Waals surface area contributed by atoms with Crippen molar-refractivity contribution in [2.24, 2.45) is 5.92 Å². The maximum Gasteiger partial charge on any atom is 0.277 e. The Bertz CT molecular complexity index is 1240. The van der Waals surface area contributed by atoms with Gasteiger partial charge in [0.1, 0.15) is 17.7 Å². The van der Waals surface area contributed by atoms with Crippen molar-refractivity contribution in [3.63, 3.8) is 0 Å². The van der Waals surface area contributed by atoms with Gasteiger partial charge in [0.15, 0.2) is 0 Å². The standard InChI is InChI=1S/C25H25N5O3/c1-4-15(5-2)24-21-22(17-8-11-20(32-3)26-14-17)27-28-23(21)25(31)30(24)18-9-6-16(7-10-18)19-12-13-33-29-19/h6-15,24H,4-5H2,1-3H3,(H,27,28). The van der Waals surface area contributed by atoms with Crippen molar-refractivity contribution in [2.45, 2.75) is 32.7 Å². The van der Waals surface area contributed by atoms with Crippen LogP contribution in [0.4, 0.5) is 5.69 Å². The first-order valence-corrected chi connectivity index (χ1v) is 11.1. The third-order valence-corrected chi connectivity index (χ3v) is 6.40. The zero-order valence-electron chi connectivity index (χ0n) is 18.8. The van der Waals surface area contributed by atoms with Gasteiger partial charge in [-0.25, -0.2) is 4.98 Å². The molecule has 3 aromatic heterocycles. The van der Waals surface area contributed by atoms with Gasteiger partial charge < -0.3 is 9.26 Å². The lowest BCUT2D eigenvalue weighted by Gasteiger charge is -2.31. The number of aromatic amines is 1. The highest BCUT2D eigenvalue weighted by Gasteiger charge is 2.44. The molecule has 8 nitrogen and oxygen atoms in total. The molecule has 1 N–H and O–H groups in total. The van der Waals surface area contributed by atoms with E-state index in [2.05, 4.69) is 34.2 Å². The maximum atomic E-state index is 13.6. The quantitative estimate of drug-likeness (QED) is 0.418. The molecule has 5 rings (SSSR count). The zero-order valence-corrected chi connectivity index (χ0v) is 18.8. The summed E-state index contributed by atoms with van der Waals surface area (Å²) in [6.07, 6.45) is 5.16. The van der Waals surface area contributed by atoms with E-state index in [9.17, 15) is 4.79 Å². The van der Waals surface area contributed by atoms with E-state index in [1.54, 1.807) is 25.6 Å². The predicted octanol–water partition coefficient (Wildman–Crippen LogP) is 5.27. The van der Waals surface area contributed by atoms with Gasteiger partial charge >= 0.3 is 0 Å². The summed E-state index contributed by atoms with van der Waals surface area (Å²) in [7, 11) is 1.59. The molecule has 1 aromatic carbocycles. The Hall–Kier alpha value is -3.94. The molecule has 0 fully saturated rings. The van der Waals surface area contributed by atoms with Crippen LogP contribution in [0, 0.1) is 5.92 Å². The van der Waals surface area contributed by atoms with E-state index in [0.29, 0.717) is 11.6 Å². The van der Waals surface area contributed by atoms with Crippen LogP contribution in [0.25, 0.3) is 22.5 Å². The molecule has 0 saturated heterocycles. The van der Waals surface area contributed by atoms with Crippen LogP contribution in [0.2, 0.25) is 0 Å². The average molecular weight is 444 g/mol. The second-order valence-electron chi connectivity index (χ2n) is 8.08. The van der Waals surface area contributed by atoms with Crippen LogP contribution in [0.3, 0.4) is 0 Å². The third-order valence-electron chi connectivity index (χ3n) is 6.40. The summed E-state index contributed by atoms with van der Waals surface area (Å²) in [4.78, 5) is 19.8. The smallest absolute Gasteiger partial charge is 0.277 e. The van der Waals surface area contributed by atoms with Crippen LogP contribution in [0.1, 0.15) is 48.8 Å². The summed E-state index contributed by atoms with van der Waals surface area (Å²) in [5.41, 5.74) is 5.61. The van der Waals surface area contributed by atoms with Crippen LogP contribution in [0.15, 0.2) is 59.4 Å². The monoisotopic (exact) mass is 443 g/mol. The average Bonchev–Trinajstić information content (AvgIpc) is 3.59. The van der Waals surface area contributed by atoms with Crippen LogP contribution in [0.5, 0.6) is 5.88 Å². The number of aromatic nitrogens is 4. The second kappa shape index (κ2) is 8.54. The summed E-state index contributed by atoms with van der Waals surface area (Å²) in [6.45, 7) is 4.33. The fourth-order valence-corrected chi connectivity index (χ4v) is 4.65. The van der Waals surface area contributed by atoms with E-state index < -0.39 is 0 Å². The molecule has 1 amide bonds. The molecule has 168 valence electrons. The normalized spacial score (nSPS) is 15.3. The highest BCUT2D eigenvalue weighted by atomic mass is 16.5. The first-order valence-electron chi connectivity index (χ1n) is 11.1. The van der Waals surface area contributed by atoms with Crippen molar-refractivity contribution in [2.75, 3.05) is 12.0 Å². The predicted molar refractivity (Wildman–Crippen MR) is 124 cm³/mol. The molecule has 4 heterocycles. The molecule has 1 unspecified atom stereocenters. The van der Waals surface area contributed by atoms with Gasteiger partial charge in [0.25, 0.3) is 5.91 Å². The molecule has 4 aromatic rings. The van der Waals surface area contributed by atoms with Crippen molar-refractivity contribution in [3.8, 4) is 28.4 Å². The van der Waals surface area contributed by atoms with Gasteiger partial charge in [0.2, 0.25) is 5.88 Å². The molecule has 8 heteroatoms. The Kier molecular flexibility index (Phi) is 5.42. The number of benzene rings is 1. The fourth-order valence-electron chi connectivity index (χ4n) is 4.65. The number of carbonyl (C=O) groups is 1. The lowest BCUT2D eigenvalue weighted by molar-refractivity contribution is 0.0979. The van der Waals surface area contributed by atoms with Gasteiger partial charge in [-0.15, -0.1) is 0 Å². The summed E-state index contributed by atoms with van der Waals surface area (Å²) >= 11 is 0. The minimum Gasteiger partial charge on any atom is -0.481 e. The molecule has 33 heavy (non-hydrogen) atoms. The van der Waals surface area contributed by atoms with Gasteiger partial charge in [-0.1, -0.05) is 44.0 Å². The molecule has 1 aliphatic heterocycles. The van der Waals surface area contributed by atoms with Gasteiger partial charge in [-0.05, 0) is 24.1 Å². The van der Waals surface area contributed by atoms with Crippen LogP contribution >= 0.6 is 0 Å². The minimum absolute atomic E-state index is 0.0729. The molecule has 1 aliphatic rings. The summed E-state index contributed by atoms with van der Waals surface area (Å²) in [5.74, 6) is 0.733. The van der Waals surface area contributed by atoms with E-state index in [1.807, 2.05) is 41.3 Å². The van der Waals surface area contributed by atoms with E-state index in [-0.39, 0.29) is 17.9 Å². The number of carbonyl (C=O) groups excluding carboxylic acids is 1. The highest BCUT2D eigenvalue weighted by Crippen LogP contribution is 2.47. The zero-order chi connectivity index (χ0) is 22.9. The lowest BCUT2D eigenvalue weighted by atomic mass is 9.87. The van der Waals surface area contributed by atoms with Crippen molar-refractivity contribution >= 4 is 11.6 Å². The van der Waals surface area contributed by atoms with Gasteiger partial charge in [-0.3, -0.25) is 14.8 Å². The van der Waals surface area contributed by atoms with Crippen molar-refractivity contribution in [3.05, 3.63) is 66.2 Å². The van der Waals surface area contributed by atoms with Gasteiger partial charge in [0.05, 0.1) is 18.8 Å². The van der Waals surface area contributed by atoms with Crippen LogP contribution < -0.4 is 9.64 Å². The van der Waals surface area contributed by atoms with E-state index in [1.165, 1.54) is 0 Å². The van der Waals surface area contributed by atoms with Crippen molar-refractivity contribution in [1.82, 2.24) is 20.3 Å². The third kappa shape index (κ3) is 3.47. The Balaban J connectivity index is 1.58. The Morgan fingerprint density at radius 1 is 1.09 bits per heavy atom. The van der Waals surface area contributed by atoms with E-state index in [0.717, 1.165) is 46.6 Å². The highest BCUT2D eigenvalue weighted by molar-refractivity contribution is 6.11. The molecule has 0 saturated carbocycles. The number of nitrogens with zero attached hydrogens (tertiary/aromatic N) is 4. The molecule has 1 atom stereocenters. The number of hydrogen-bond donors (Lipinski definition) is 1. The Morgan fingerprint density at radius 2 is 1.85 bits per heavy atom. The van der Waals surface area contributed by atoms with Crippen LogP contribution in [-0.4, -0.2) is 33.4 Å². The molecular weight excluding hydrogens is 418 g/mol. The molecule has 0 bridgehead atoms. The molecule has 0 radical (unpaired) electrons. The molecular formula is C25H25N5O3. The fraction of sp³-hybridized carbons (Fsp3) is 0.280. The number of nitrogens with one attached hydrogen (secondary N) is 1. The Morgan fingerprint density at radius 3 is 2.45 bits per heavy atom. The maximum absolute atomic E-state index is 13.6. The van der Waals surface area contributed by atoms with E-state index in [4.69, 9.17) is 9.26 Å². The molecule has 0 aliphatic carbocycles. The number of hydrogen-bond acceptors (Lipinski definition) is 6. The summed E-state index contributed by atoms with van der Waals surface area (Å²) < 4.78 is 10.1. The number of H-pyrrole nitrogens is 1. The summed E-state index contributed by atoms with van der Waals surface area (Å²) in [6, 6.07) is 13.3. The van der Waals surface area contributed by atoms with Crippen molar-refractivity contribution in [1.29, 1.82) is 0 Å². The number of methoxy groups -OCH3 is 1. The number of amides is 1.